The fraction of sp³-hybridized carbons (Fsp3) is 0.571. The lowest BCUT2D eigenvalue weighted by atomic mass is 10.4. The standard InChI is InChI=1S/C7H11BrN2/c1-5(2)10-4-7(8)9-6(10)3/h4-5H,1-3H3/i1D3,2D3,3D3,5D. The van der Waals surface area contributed by atoms with E-state index in [0.29, 0.717) is 4.57 Å². The molecule has 0 spiro atoms. The van der Waals surface area contributed by atoms with E-state index in [1.807, 2.05) is 0 Å². The van der Waals surface area contributed by atoms with Gasteiger partial charge >= 0.3 is 0 Å². The second-order valence-corrected chi connectivity index (χ2v) is 2.42. The van der Waals surface area contributed by atoms with Crippen LogP contribution in [-0.2, 0) is 0 Å². The van der Waals surface area contributed by atoms with Gasteiger partial charge in [0, 0.05) is 24.6 Å². The van der Waals surface area contributed by atoms with Crippen molar-refractivity contribution in [3.8, 4) is 0 Å². The van der Waals surface area contributed by atoms with Crippen molar-refractivity contribution >= 4 is 15.9 Å². The number of nitrogens with zero attached hydrogens (tertiary/aromatic N) is 2. The zero-order valence-electron chi connectivity index (χ0n) is 14.8. The van der Waals surface area contributed by atoms with Gasteiger partial charge in [0.1, 0.15) is 10.4 Å². The summed E-state index contributed by atoms with van der Waals surface area (Å²) in [6.07, 6.45) is 0.882. The third kappa shape index (κ3) is 1.40. The van der Waals surface area contributed by atoms with Gasteiger partial charge in [-0.3, -0.25) is 0 Å². The Bertz CT molecular complexity index is 481. The van der Waals surface area contributed by atoms with Crippen molar-refractivity contribution in [1.82, 2.24) is 9.55 Å². The first-order chi connectivity index (χ1) is 8.62. The summed E-state index contributed by atoms with van der Waals surface area (Å²) < 4.78 is 74.1. The van der Waals surface area contributed by atoms with Gasteiger partial charge in [0.25, 0.3) is 0 Å². The summed E-state index contributed by atoms with van der Waals surface area (Å²) in [6, 6.07) is -3.15. The van der Waals surface area contributed by atoms with Crippen molar-refractivity contribution in [1.29, 1.82) is 0 Å². The van der Waals surface area contributed by atoms with E-state index in [0.717, 1.165) is 6.20 Å². The van der Waals surface area contributed by atoms with Crippen molar-refractivity contribution in [2.45, 2.75) is 26.6 Å². The fourth-order valence-electron chi connectivity index (χ4n) is 0.522. The van der Waals surface area contributed by atoms with Crippen molar-refractivity contribution in [2.75, 3.05) is 0 Å². The highest BCUT2D eigenvalue weighted by molar-refractivity contribution is 9.10. The van der Waals surface area contributed by atoms with Crippen LogP contribution >= 0.6 is 15.9 Å². The Kier molecular flexibility index (Phi) is 0.518. The van der Waals surface area contributed by atoms with Gasteiger partial charge in [0.15, 0.2) is 0 Å². The topological polar surface area (TPSA) is 17.8 Å². The van der Waals surface area contributed by atoms with E-state index in [1.165, 1.54) is 0 Å². The van der Waals surface area contributed by atoms with Gasteiger partial charge in [-0.05, 0) is 36.5 Å². The minimum absolute atomic E-state index is 0.0613. The summed E-state index contributed by atoms with van der Waals surface area (Å²) >= 11 is 2.87. The molecule has 0 atom stereocenters. The van der Waals surface area contributed by atoms with Crippen molar-refractivity contribution < 1.29 is 13.7 Å². The molecular formula is C7H11BrN2. The van der Waals surface area contributed by atoms with Crippen LogP contribution in [0.2, 0.25) is 0 Å². The first-order valence-electron chi connectivity index (χ1n) is 7.38. The monoisotopic (exact) mass is 212 g/mol. The fourth-order valence-corrected chi connectivity index (χ4v) is 0.895. The quantitative estimate of drug-likeness (QED) is 0.700. The highest BCUT2D eigenvalue weighted by Gasteiger charge is 2.02. The first-order valence-corrected chi connectivity index (χ1v) is 3.17. The highest BCUT2D eigenvalue weighted by Crippen LogP contribution is 2.13. The van der Waals surface area contributed by atoms with Gasteiger partial charge in [-0.2, -0.15) is 0 Å². The van der Waals surface area contributed by atoms with Crippen molar-refractivity contribution in [2.24, 2.45) is 0 Å². The molecule has 0 saturated heterocycles. The van der Waals surface area contributed by atoms with Gasteiger partial charge in [0.05, 0.1) is 1.37 Å². The molecule has 1 heterocycles. The van der Waals surface area contributed by atoms with Crippen molar-refractivity contribution in [3.05, 3.63) is 16.6 Å². The molecule has 2 nitrogen and oxygen atoms in total. The summed E-state index contributed by atoms with van der Waals surface area (Å²) in [6.45, 7) is -9.41. The maximum atomic E-state index is 7.93. The summed E-state index contributed by atoms with van der Waals surface area (Å²) in [5.41, 5.74) is 0. The van der Waals surface area contributed by atoms with Crippen LogP contribution in [0, 0.1) is 6.85 Å². The van der Waals surface area contributed by atoms with E-state index in [1.54, 1.807) is 0 Å². The number of hydrogen-bond donors (Lipinski definition) is 0. The average Bonchev–Trinajstić information content (AvgIpc) is 2.55. The molecule has 0 N–H and O–H groups in total. The van der Waals surface area contributed by atoms with E-state index < -0.39 is 32.4 Å². The molecule has 0 aromatic carbocycles. The van der Waals surface area contributed by atoms with Crippen LogP contribution in [-0.4, -0.2) is 9.55 Å². The lowest BCUT2D eigenvalue weighted by Crippen LogP contribution is -2.00. The molecule has 1 aromatic heterocycles. The van der Waals surface area contributed by atoms with Crippen LogP contribution in [0.5, 0.6) is 0 Å². The van der Waals surface area contributed by atoms with Crippen LogP contribution in [0.4, 0.5) is 0 Å². The van der Waals surface area contributed by atoms with Crippen LogP contribution in [0.15, 0.2) is 10.8 Å². The second kappa shape index (κ2) is 2.74. The molecule has 0 bridgehead atoms. The number of imidazole rings is 1. The zero-order valence-corrected chi connectivity index (χ0v) is 6.44. The Hall–Kier alpha value is -0.310. The maximum absolute atomic E-state index is 7.93. The predicted octanol–water partition coefficient (Wildman–Crippen LogP) is 2.53. The van der Waals surface area contributed by atoms with Gasteiger partial charge < -0.3 is 4.57 Å². The molecule has 0 aliphatic carbocycles. The number of aryl methyl sites for hydroxylation is 1. The molecule has 0 saturated carbocycles. The van der Waals surface area contributed by atoms with Crippen LogP contribution in [0.25, 0.3) is 0 Å². The predicted molar refractivity (Wildman–Crippen MR) is 45.0 cm³/mol. The van der Waals surface area contributed by atoms with E-state index in [2.05, 4.69) is 20.9 Å². The molecule has 1 aromatic rings. The zero-order chi connectivity index (χ0) is 16.1. The summed E-state index contributed by atoms with van der Waals surface area (Å²) in [4.78, 5) is 3.57. The Balaban J connectivity index is 3.70. The molecule has 0 aliphatic rings. The molecule has 0 unspecified atom stereocenters. The third-order valence-electron chi connectivity index (χ3n) is 0.917. The van der Waals surface area contributed by atoms with E-state index in [-0.39, 0.29) is 4.60 Å². The minimum atomic E-state index is -3.28. The Morgan fingerprint density at radius 1 is 1.90 bits per heavy atom. The van der Waals surface area contributed by atoms with Gasteiger partial charge in [0.2, 0.25) is 0 Å². The van der Waals surface area contributed by atoms with E-state index in [4.69, 9.17) is 13.7 Å². The summed E-state index contributed by atoms with van der Waals surface area (Å²) in [5, 5.41) is 0. The third-order valence-corrected chi connectivity index (χ3v) is 1.30. The molecule has 1 rings (SSSR count). The smallest absolute Gasteiger partial charge is 0.124 e. The lowest BCUT2D eigenvalue weighted by Gasteiger charge is -2.06. The summed E-state index contributed by atoms with van der Waals surface area (Å²) in [7, 11) is 0. The molecule has 56 valence electrons. The highest BCUT2D eigenvalue weighted by atomic mass is 79.9. The molecule has 0 aliphatic heterocycles. The number of hydrogen-bond acceptors (Lipinski definition) is 1. The first kappa shape index (κ1) is 1.89. The molecule has 0 radical (unpaired) electrons. The average molecular weight is 213 g/mol. The molecule has 3 heteroatoms. The molecular weight excluding hydrogens is 192 g/mol. The largest absolute Gasteiger partial charge is 0.331 e. The Labute approximate surface area is 83.4 Å². The van der Waals surface area contributed by atoms with E-state index >= 15 is 0 Å². The normalized spacial score (nSPS) is 30.5. The minimum Gasteiger partial charge on any atom is -0.331 e. The van der Waals surface area contributed by atoms with Gasteiger partial charge in [-0.1, -0.05) is 0 Å². The second-order valence-electron chi connectivity index (χ2n) is 1.61. The molecule has 0 fully saturated rings. The van der Waals surface area contributed by atoms with Crippen molar-refractivity contribution in [3.63, 3.8) is 0 Å². The lowest BCUT2D eigenvalue weighted by molar-refractivity contribution is 0.582. The molecule has 0 amide bonds. The van der Waals surface area contributed by atoms with E-state index in [9.17, 15) is 0 Å². The van der Waals surface area contributed by atoms with Crippen LogP contribution in [0.1, 0.15) is 39.3 Å². The summed E-state index contributed by atoms with van der Waals surface area (Å²) in [5.74, 6) is -0.772. The van der Waals surface area contributed by atoms with Crippen LogP contribution < -0.4 is 0 Å². The maximum Gasteiger partial charge on any atom is 0.124 e. The SMILES string of the molecule is [2H]C([2H])([2H])c1nc(Br)cn1C([2H])(C([2H])([2H])[2H])C([2H])([2H])[2H]. The number of halogens is 1. The van der Waals surface area contributed by atoms with Gasteiger partial charge in [-0.25, -0.2) is 4.98 Å². The Morgan fingerprint density at radius 2 is 2.70 bits per heavy atom. The van der Waals surface area contributed by atoms with Crippen LogP contribution in [0.3, 0.4) is 0 Å². The number of rotatable bonds is 1. The Morgan fingerprint density at radius 3 is 3.30 bits per heavy atom. The number of aromatic nitrogens is 2. The van der Waals surface area contributed by atoms with Gasteiger partial charge in [-0.15, -0.1) is 0 Å². The molecule has 10 heavy (non-hydrogen) atoms.